The van der Waals surface area contributed by atoms with E-state index in [4.69, 9.17) is 9.47 Å². The normalized spacial score (nSPS) is 13.3. The lowest BCUT2D eigenvalue weighted by molar-refractivity contribution is -0.135. The van der Waals surface area contributed by atoms with Crippen LogP contribution in [0.3, 0.4) is 0 Å². The van der Waals surface area contributed by atoms with Gasteiger partial charge in [-0.2, -0.15) is 5.10 Å². The van der Waals surface area contributed by atoms with Crippen LogP contribution in [-0.2, 0) is 4.79 Å². The fraction of sp³-hybridized carbons (Fsp3) is 0.211. The molecule has 2 aromatic rings. The maximum absolute atomic E-state index is 11.8. The Balaban J connectivity index is 1.57. The van der Waals surface area contributed by atoms with Gasteiger partial charge in [0.25, 0.3) is 0 Å². The van der Waals surface area contributed by atoms with E-state index in [1.54, 1.807) is 30.3 Å². The minimum Gasteiger partial charge on any atom is -0.493 e. The Labute approximate surface area is 151 Å². The largest absolute Gasteiger partial charge is 0.493 e. The Kier molecular flexibility index (Phi) is 5.48. The van der Waals surface area contributed by atoms with Gasteiger partial charge in [-0.25, -0.2) is 10.2 Å². The van der Waals surface area contributed by atoms with Crippen LogP contribution in [0.2, 0.25) is 0 Å². The van der Waals surface area contributed by atoms with Gasteiger partial charge in [0, 0.05) is 5.69 Å². The Morgan fingerprint density at radius 3 is 2.58 bits per heavy atom. The van der Waals surface area contributed by atoms with Gasteiger partial charge in [0.1, 0.15) is 0 Å². The lowest BCUT2D eigenvalue weighted by atomic mass is 10.2. The molecular formula is C19H19N3O4. The summed E-state index contributed by atoms with van der Waals surface area (Å²) in [6.45, 7) is 0. The quantitative estimate of drug-likeness (QED) is 0.361. The summed E-state index contributed by atoms with van der Waals surface area (Å²) in [5, 5.41) is 6.54. The molecule has 0 atom stereocenters. The van der Waals surface area contributed by atoms with Crippen molar-refractivity contribution >= 4 is 23.9 Å². The molecule has 1 aliphatic rings. The molecule has 1 aliphatic carbocycles. The monoisotopic (exact) mass is 353 g/mol. The molecule has 3 rings (SSSR count). The predicted octanol–water partition coefficient (Wildman–Crippen LogP) is 3.17. The van der Waals surface area contributed by atoms with E-state index < -0.39 is 6.03 Å². The van der Waals surface area contributed by atoms with Crippen LogP contribution < -0.4 is 20.2 Å². The van der Waals surface area contributed by atoms with Crippen molar-refractivity contribution in [2.45, 2.75) is 12.8 Å². The van der Waals surface area contributed by atoms with E-state index in [0.29, 0.717) is 22.7 Å². The van der Waals surface area contributed by atoms with Gasteiger partial charge in [-0.15, -0.1) is 0 Å². The number of anilines is 1. The van der Waals surface area contributed by atoms with E-state index in [9.17, 15) is 9.59 Å². The topological polar surface area (TPSA) is 89.0 Å². The Morgan fingerprint density at radius 1 is 1.12 bits per heavy atom. The second-order valence-corrected chi connectivity index (χ2v) is 5.80. The van der Waals surface area contributed by atoms with Crippen molar-refractivity contribution in [3.8, 4) is 11.5 Å². The third kappa shape index (κ3) is 4.83. The van der Waals surface area contributed by atoms with E-state index >= 15 is 0 Å². The zero-order valence-corrected chi connectivity index (χ0v) is 14.3. The fourth-order valence-electron chi connectivity index (χ4n) is 2.21. The number of nitrogens with zero attached hydrogens (tertiary/aromatic N) is 1. The number of benzene rings is 2. The summed E-state index contributed by atoms with van der Waals surface area (Å²) in [5.41, 5.74) is 3.74. The van der Waals surface area contributed by atoms with Crippen molar-refractivity contribution in [2.24, 2.45) is 11.0 Å². The van der Waals surface area contributed by atoms with Crippen LogP contribution in [0.5, 0.6) is 11.5 Å². The van der Waals surface area contributed by atoms with Crippen LogP contribution in [-0.4, -0.2) is 25.3 Å². The highest BCUT2D eigenvalue weighted by Gasteiger charge is 2.32. The first-order chi connectivity index (χ1) is 12.7. The Morgan fingerprint density at radius 2 is 1.88 bits per heavy atom. The average molecular weight is 353 g/mol. The lowest BCUT2D eigenvalue weighted by Gasteiger charge is -2.09. The first-order valence-corrected chi connectivity index (χ1v) is 8.20. The molecule has 0 bridgehead atoms. The van der Waals surface area contributed by atoms with Crippen LogP contribution in [0.15, 0.2) is 53.6 Å². The zero-order chi connectivity index (χ0) is 18.4. The molecule has 2 amide bonds. The summed E-state index contributed by atoms with van der Waals surface area (Å²) >= 11 is 0. The molecule has 0 radical (unpaired) electrons. The fourth-order valence-corrected chi connectivity index (χ4v) is 2.21. The number of methoxy groups -OCH3 is 1. The highest BCUT2D eigenvalue weighted by molar-refractivity contribution is 5.90. The van der Waals surface area contributed by atoms with Gasteiger partial charge in [-0.05, 0) is 48.7 Å². The number of ether oxygens (including phenoxy) is 2. The third-order valence-electron chi connectivity index (χ3n) is 3.72. The second kappa shape index (κ2) is 8.15. The van der Waals surface area contributed by atoms with Gasteiger partial charge in [0.05, 0.1) is 19.2 Å². The maximum Gasteiger partial charge on any atom is 0.339 e. The van der Waals surface area contributed by atoms with Crippen LogP contribution in [0, 0.1) is 5.92 Å². The van der Waals surface area contributed by atoms with Gasteiger partial charge >= 0.3 is 12.0 Å². The summed E-state index contributed by atoms with van der Waals surface area (Å²) in [4.78, 5) is 23.5. The molecule has 2 aromatic carbocycles. The summed E-state index contributed by atoms with van der Waals surface area (Å²) in [6, 6.07) is 13.6. The van der Waals surface area contributed by atoms with E-state index in [0.717, 1.165) is 12.8 Å². The molecular weight excluding hydrogens is 334 g/mol. The van der Waals surface area contributed by atoms with Crippen molar-refractivity contribution in [2.75, 3.05) is 12.4 Å². The number of hydrogen-bond donors (Lipinski definition) is 2. The second-order valence-electron chi connectivity index (χ2n) is 5.80. The van der Waals surface area contributed by atoms with E-state index in [1.807, 2.05) is 18.2 Å². The molecule has 0 aliphatic heterocycles. The van der Waals surface area contributed by atoms with Crippen LogP contribution in [0.25, 0.3) is 0 Å². The van der Waals surface area contributed by atoms with Crippen LogP contribution in [0.1, 0.15) is 18.4 Å². The van der Waals surface area contributed by atoms with Crippen molar-refractivity contribution in [1.82, 2.24) is 5.43 Å². The number of rotatable bonds is 6. The van der Waals surface area contributed by atoms with Crippen molar-refractivity contribution in [3.63, 3.8) is 0 Å². The number of hydrazone groups is 1. The molecule has 26 heavy (non-hydrogen) atoms. The highest BCUT2D eigenvalue weighted by atomic mass is 16.6. The molecule has 0 spiro atoms. The summed E-state index contributed by atoms with van der Waals surface area (Å²) in [7, 11) is 1.50. The van der Waals surface area contributed by atoms with Gasteiger partial charge in [-0.1, -0.05) is 18.2 Å². The molecule has 7 heteroatoms. The molecule has 0 aromatic heterocycles. The molecule has 0 unspecified atom stereocenters. The first-order valence-electron chi connectivity index (χ1n) is 8.20. The number of carbonyl (C=O) groups is 2. The van der Waals surface area contributed by atoms with E-state index in [1.165, 1.54) is 13.3 Å². The molecule has 1 fully saturated rings. The predicted molar refractivity (Wildman–Crippen MR) is 97.5 cm³/mol. The minimum atomic E-state index is -0.450. The maximum atomic E-state index is 11.8. The van der Waals surface area contributed by atoms with Crippen LogP contribution in [0.4, 0.5) is 10.5 Å². The Bertz CT molecular complexity index is 817. The number of carbonyl (C=O) groups excluding carboxylic acids is 2. The molecule has 7 nitrogen and oxygen atoms in total. The number of amides is 2. The average Bonchev–Trinajstić information content (AvgIpc) is 3.49. The summed E-state index contributed by atoms with van der Waals surface area (Å²) in [6.07, 6.45) is 3.23. The molecule has 0 saturated heterocycles. The standard InChI is InChI=1S/C19H19N3O4/c1-25-17-11-13(7-10-16(17)26-18(23)14-8-9-14)12-20-22-19(24)21-15-5-3-2-4-6-15/h2-7,10-12,14H,8-9H2,1H3,(H2,21,22,24)/b20-12-. The number of urea groups is 1. The van der Waals surface area contributed by atoms with Gasteiger partial charge < -0.3 is 14.8 Å². The van der Waals surface area contributed by atoms with Gasteiger partial charge in [-0.3, -0.25) is 4.79 Å². The van der Waals surface area contributed by atoms with Gasteiger partial charge in [0.15, 0.2) is 11.5 Å². The highest BCUT2D eigenvalue weighted by Crippen LogP contribution is 2.34. The summed E-state index contributed by atoms with van der Waals surface area (Å²) in [5.74, 6) is 0.574. The van der Waals surface area contributed by atoms with Gasteiger partial charge in [0.2, 0.25) is 0 Å². The lowest BCUT2D eigenvalue weighted by Crippen LogP contribution is -2.24. The smallest absolute Gasteiger partial charge is 0.339 e. The van der Waals surface area contributed by atoms with E-state index in [-0.39, 0.29) is 11.9 Å². The zero-order valence-electron chi connectivity index (χ0n) is 14.3. The molecule has 134 valence electrons. The number of esters is 1. The molecule has 0 heterocycles. The van der Waals surface area contributed by atoms with Crippen LogP contribution >= 0.6 is 0 Å². The van der Waals surface area contributed by atoms with Crippen molar-refractivity contribution < 1.29 is 19.1 Å². The van der Waals surface area contributed by atoms with E-state index in [2.05, 4.69) is 15.8 Å². The number of nitrogens with one attached hydrogen (secondary N) is 2. The summed E-state index contributed by atoms with van der Waals surface area (Å²) < 4.78 is 10.6. The number of hydrogen-bond acceptors (Lipinski definition) is 5. The Hall–Kier alpha value is -3.35. The third-order valence-corrected chi connectivity index (χ3v) is 3.72. The SMILES string of the molecule is COc1cc(/C=N\NC(=O)Nc2ccccc2)ccc1OC(=O)C1CC1. The van der Waals surface area contributed by atoms with Crippen molar-refractivity contribution in [1.29, 1.82) is 0 Å². The number of para-hydroxylation sites is 1. The molecule has 2 N–H and O–H groups in total. The van der Waals surface area contributed by atoms with Crippen molar-refractivity contribution in [3.05, 3.63) is 54.1 Å². The molecule has 1 saturated carbocycles. The minimum absolute atomic E-state index is 0.00766. The first kappa shape index (κ1) is 17.5.